The van der Waals surface area contributed by atoms with Gasteiger partial charge in [0.1, 0.15) is 0 Å². The summed E-state index contributed by atoms with van der Waals surface area (Å²) in [5.41, 5.74) is 0.998. The zero-order chi connectivity index (χ0) is 16.9. The van der Waals surface area contributed by atoms with Crippen LogP contribution in [0.4, 0.5) is 0 Å². The summed E-state index contributed by atoms with van der Waals surface area (Å²) >= 11 is 0. The van der Waals surface area contributed by atoms with Crippen LogP contribution in [0.3, 0.4) is 0 Å². The van der Waals surface area contributed by atoms with Crippen molar-refractivity contribution in [3.8, 4) is 0 Å². The molecule has 1 aliphatic carbocycles. The smallest absolute Gasteiger partial charge is 0.225 e. The van der Waals surface area contributed by atoms with Gasteiger partial charge in [-0.05, 0) is 19.3 Å². The molecule has 1 N–H and O–H groups in total. The maximum atomic E-state index is 12.5. The van der Waals surface area contributed by atoms with Gasteiger partial charge in [-0.1, -0.05) is 25.7 Å². The lowest BCUT2D eigenvalue weighted by Gasteiger charge is -2.37. The van der Waals surface area contributed by atoms with Crippen LogP contribution in [-0.4, -0.2) is 39.1 Å². The van der Waals surface area contributed by atoms with Gasteiger partial charge in [0.2, 0.25) is 11.8 Å². The topological polar surface area (TPSA) is 67.2 Å². The zero-order valence-electron chi connectivity index (χ0n) is 14.5. The Balaban J connectivity index is 1.55. The van der Waals surface area contributed by atoms with E-state index in [0.29, 0.717) is 32.0 Å². The molecular formula is C18H28N4O2. The summed E-state index contributed by atoms with van der Waals surface area (Å²) in [6.45, 7) is 1.09. The Morgan fingerprint density at radius 2 is 2.00 bits per heavy atom. The quantitative estimate of drug-likeness (QED) is 0.858. The molecule has 1 unspecified atom stereocenters. The Hall–Kier alpha value is -1.85. The second-order valence-electron chi connectivity index (χ2n) is 7.17. The number of nitrogens with zero attached hydrogens (tertiary/aromatic N) is 3. The number of carbonyl (C=O) groups excluding carboxylic acids is 2. The van der Waals surface area contributed by atoms with Crippen LogP contribution in [0.15, 0.2) is 12.4 Å². The molecule has 1 saturated heterocycles. The molecule has 1 atom stereocenters. The lowest BCUT2D eigenvalue weighted by atomic mass is 9.93. The van der Waals surface area contributed by atoms with Gasteiger partial charge in [-0.3, -0.25) is 14.3 Å². The van der Waals surface area contributed by atoms with Crippen molar-refractivity contribution >= 4 is 11.8 Å². The van der Waals surface area contributed by atoms with Crippen molar-refractivity contribution in [2.24, 2.45) is 13.0 Å². The Kier molecular flexibility index (Phi) is 5.53. The second-order valence-corrected chi connectivity index (χ2v) is 7.17. The highest BCUT2D eigenvalue weighted by molar-refractivity contribution is 5.84. The van der Waals surface area contributed by atoms with E-state index in [0.717, 1.165) is 18.4 Å². The van der Waals surface area contributed by atoms with E-state index in [1.54, 1.807) is 10.9 Å². The van der Waals surface area contributed by atoms with Crippen LogP contribution < -0.4 is 5.32 Å². The van der Waals surface area contributed by atoms with Crippen molar-refractivity contribution in [3.05, 3.63) is 18.0 Å². The molecule has 0 radical (unpaired) electrons. The summed E-state index contributed by atoms with van der Waals surface area (Å²) in [5.74, 6) is 0.214. The highest BCUT2D eigenvalue weighted by Crippen LogP contribution is 2.27. The molecule has 3 rings (SSSR count). The first-order valence-electron chi connectivity index (χ1n) is 9.18. The number of hydrogen-bond acceptors (Lipinski definition) is 3. The summed E-state index contributed by atoms with van der Waals surface area (Å²) in [5, 5.41) is 7.11. The first-order valence-corrected chi connectivity index (χ1v) is 9.18. The molecule has 1 saturated carbocycles. The molecule has 0 spiro atoms. The van der Waals surface area contributed by atoms with E-state index in [-0.39, 0.29) is 17.7 Å². The molecule has 132 valence electrons. The molecule has 1 aromatic heterocycles. The van der Waals surface area contributed by atoms with Crippen LogP contribution in [0.1, 0.15) is 56.9 Å². The SMILES string of the molecule is Cn1cc(CNC(=O)C2CCC(=O)N(C3CCCCCC3)C2)cn1. The fourth-order valence-corrected chi connectivity index (χ4v) is 3.90. The summed E-state index contributed by atoms with van der Waals surface area (Å²) in [6.07, 6.45) is 12.0. The maximum Gasteiger partial charge on any atom is 0.225 e. The number of nitrogens with one attached hydrogen (secondary N) is 1. The van der Waals surface area contributed by atoms with Crippen LogP contribution in [0.5, 0.6) is 0 Å². The molecule has 0 aromatic carbocycles. The number of carbonyl (C=O) groups is 2. The summed E-state index contributed by atoms with van der Waals surface area (Å²) in [7, 11) is 1.86. The lowest BCUT2D eigenvalue weighted by molar-refractivity contribution is -0.141. The molecule has 2 fully saturated rings. The fraction of sp³-hybridized carbons (Fsp3) is 0.722. The third-order valence-electron chi connectivity index (χ3n) is 5.31. The third kappa shape index (κ3) is 4.16. The monoisotopic (exact) mass is 332 g/mol. The Morgan fingerprint density at radius 1 is 1.25 bits per heavy atom. The predicted molar refractivity (Wildman–Crippen MR) is 91.0 cm³/mol. The molecule has 2 aliphatic rings. The average Bonchev–Trinajstić information content (AvgIpc) is 2.83. The predicted octanol–water partition coefficient (Wildman–Crippen LogP) is 2.00. The Morgan fingerprint density at radius 3 is 2.67 bits per heavy atom. The van der Waals surface area contributed by atoms with Crippen molar-refractivity contribution in [2.75, 3.05) is 6.54 Å². The standard InChI is InChI=1S/C18H28N4O2/c1-21-12-14(11-20-21)10-19-18(24)15-8-9-17(23)22(13-15)16-6-4-2-3-5-7-16/h11-12,15-16H,2-10,13H2,1H3,(H,19,24). The molecule has 2 amide bonds. The molecule has 2 heterocycles. The summed E-state index contributed by atoms with van der Waals surface area (Å²) < 4.78 is 1.73. The molecule has 0 bridgehead atoms. The highest BCUT2D eigenvalue weighted by Gasteiger charge is 2.34. The molecular weight excluding hydrogens is 304 g/mol. The number of piperidine rings is 1. The number of aromatic nitrogens is 2. The average molecular weight is 332 g/mol. The fourth-order valence-electron chi connectivity index (χ4n) is 3.90. The second kappa shape index (κ2) is 7.81. The van der Waals surface area contributed by atoms with Gasteiger partial charge in [-0.2, -0.15) is 5.10 Å². The van der Waals surface area contributed by atoms with Gasteiger partial charge in [-0.25, -0.2) is 0 Å². The number of amides is 2. The largest absolute Gasteiger partial charge is 0.352 e. The van der Waals surface area contributed by atoms with Gasteiger partial charge in [-0.15, -0.1) is 0 Å². The van der Waals surface area contributed by atoms with E-state index in [1.807, 2.05) is 18.1 Å². The van der Waals surface area contributed by atoms with E-state index in [4.69, 9.17) is 0 Å². The zero-order valence-corrected chi connectivity index (χ0v) is 14.5. The number of hydrogen-bond donors (Lipinski definition) is 1. The van der Waals surface area contributed by atoms with Crippen LogP contribution in [0, 0.1) is 5.92 Å². The number of likely N-dealkylation sites (tertiary alicyclic amines) is 1. The van der Waals surface area contributed by atoms with Gasteiger partial charge in [0, 0.05) is 44.4 Å². The van der Waals surface area contributed by atoms with Crippen molar-refractivity contribution in [1.82, 2.24) is 20.0 Å². The third-order valence-corrected chi connectivity index (χ3v) is 5.31. The lowest BCUT2D eigenvalue weighted by Crippen LogP contribution is -2.49. The van der Waals surface area contributed by atoms with Crippen LogP contribution in [0.25, 0.3) is 0 Å². The van der Waals surface area contributed by atoms with E-state index in [9.17, 15) is 9.59 Å². The van der Waals surface area contributed by atoms with Gasteiger partial charge in [0.25, 0.3) is 0 Å². The normalized spacial score (nSPS) is 23.1. The van der Waals surface area contributed by atoms with Gasteiger partial charge in [0.15, 0.2) is 0 Å². The highest BCUT2D eigenvalue weighted by atomic mass is 16.2. The van der Waals surface area contributed by atoms with Gasteiger partial charge in [0.05, 0.1) is 12.1 Å². The Bertz CT molecular complexity index is 575. The number of rotatable bonds is 4. The molecule has 6 heteroatoms. The molecule has 24 heavy (non-hydrogen) atoms. The van der Waals surface area contributed by atoms with Crippen LogP contribution in [-0.2, 0) is 23.2 Å². The minimum absolute atomic E-state index is 0.0602. The van der Waals surface area contributed by atoms with E-state index in [2.05, 4.69) is 10.4 Å². The van der Waals surface area contributed by atoms with E-state index in [1.165, 1.54) is 25.7 Å². The van der Waals surface area contributed by atoms with Gasteiger partial charge < -0.3 is 10.2 Å². The van der Waals surface area contributed by atoms with E-state index >= 15 is 0 Å². The van der Waals surface area contributed by atoms with Crippen molar-refractivity contribution < 1.29 is 9.59 Å². The maximum absolute atomic E-state index is 12.5. The molecule has 6 nitrogen and oxygen atoms in total. The van der Waals surface area contributed by atoms with Crippen molar-refractivity contribution in [1.29, 1.82) is 0 Å². The Labute approximate surface area is 143 Å². The minimum Gasteiger partial charge on any atom is -0.352 e. The van der Waals surface area contributed by atoms with Crippen LogP contribution in [0.2, 0.25) is 0 Å². The van der Waals surface area contributed by atoms with Crippen molar-refractivity contribution in [3.63, 3.8) is 0 Å². The molecule has 1 aromatic rings. The van der Waals surface area contributed by atoms with Gasteiger partial charge >= 0.3 is 0 Å². The van der Waals surface area contributed by atoms with E-state index < -0.39 is 0 Å². The molecule has 1 aliphatic heterocycles. The first kappa shape index (κ1) is 17.0. The summed E-state index contributed by atoms with van der Waals surface area (Å²) in [6, 6.07) is 0.342. The van der Waals surface area contributed by atoms with Crippen molar-refractivity contribution in [2.45, 2.75) is 64.0 Å². The minimum atomic E-state index is -0.0809. The number of aryl methyl sites for hydroxylation is 1. The first-order chi connectivity index (χ1) is 11.6. The summed E-state index contributed by atoms with van der Waals surface area (Å²) in [4.78, 5) is 26.8. The van der Waals surface area contributed by atoms with Crippen LogP contribution >= 0.6 is 0 Å².